The van der Waals surface area contributed by atoms with Crippen LogP contribution in [0.5, 0.6) is 0 Å². The highest BCUT2D eigenvalue weighted by atomic mass is 16.1. The summed E-state index contributed by atoms with van der Waals surface area (Å²) >= 11 is 0. The van der Waals surface area contributed by atoms with Crippen molar-refractivity contribution >= 4 is 5.91 Å². The molecule has 1 amide bonds. The maximum atomic E-state index is 10.4. The summed E-state index contributed by atoms with van der Waals surface area (Å²) in [5, 5.41) is 0. The van der Waals surface area contributed by atoms with Crippen molar-refractivity contribution in [3.8, 4) is 0 Å². The minimum atomic E-state index is -0.477. The molecular weight excluding hydrogens is 116 g/mol. The minimum absolute atomic E-state index is 0.197. The summed E-state index contributed by atoms with van der Waals surface area (Å²) in [7, 11) is 0. The van der Waals surface area contributed by atoms with Crippen LogP contribution in [0.15, 0.2) is 0 Å². The Labute approximate surface area is 55.4 Å². The van der Waals surface area contributed by atoms with E-state index in [4.69, 9.17) is 11.5 Å². The number of carbonyl (C=O) groups excluding carboxylic acids is 1. The fourth-order valence-corrected chi connectivity index (χ4v) is 0.534. The Morgan fingerprint density at radius 3 is 2.22 bits per heavy atom. The largest absolute Gasteiger partial charge is 0.368 e. The van der Waals surface area contributed by atoms with E-state index in [1.807, 2.05) is 13.8 Å². The van der Waals surface area contributed by atoms with Crippen LogP contribution in [0.4, 0.5) is 0 Å². The monoisotopic (exact) mass is 130 g/mol. The van der Waals surface area contributed by atoms with Crippen molar-refractivity contribution in [2.45, 2.75) is 26.3 Å². The first-order valence-corrected chi connectivity index (χ1v) is 3.14. The summed E-state index contributed by atoms with van der Waals surface area (Å²) in [6.07, 6.45) is 0.893. The van der Waals surface area contributed by atoms with E-state index in [1.165, 1.54) is 0 Å². The topological polar surface area (TPSA) is 69.1 Å². The van der Waals surface area contributed by atoms with Crippen LogP contribution in [0.25, 0.3) is 0 Å². The van der Waals surface area contributed by atoms with Crippen molar-refractivity contribution in [2.75, 3.05) is 0 Å². The number of hydrogen-bond donors (Lipinski definition) is 2. The van der Waals surface area contributed by atoms with Gasteiger partial charge in [-0.2, -0.15) is 0 Å². The molecular formula is C6H14N2O. The first-order chi connectivity index (χ1) is 4.09. The summed E-state index contributed by atoms with van der Waals surface area (Å²) in [5.74, 6) is -0.216. The molecule has 0 bridgehead atoms. The lowest BCUT2D eigenvalue weighted by atomic mass is 10.00. The van der Waals surface area contributed by atoms with Crippen molar-refractivity contribution < 1.29 is 4.79 Å². The van der Waals surface area contributed by atoms with Crippen LogP contribution < -0.4 is 11.5 Å². The molecule has 0 spiro atoms. The van der Waals surface area contributed by atoms with E-state index >= 15 is 0 Å². The van der Waals surface area contributed by atoms with E-state index in [1.54, 1.807) is 0 Å². The Balaban J connectivity index is 3.72. The first-order valence-electron chi connectivity index (χ1n) is 3.14. The Bertz CT molecular complexity index is 103. The molecule has 0 aromatic carbocycles. The minimum Gasteiger partial charge on any atom is -0.368 e. The van der Waals surface area contributed by atoms with Crippen molar-refractivity contribution in [3.63, 3.8) is 0 Å². The normalized spacial score (nSPS) is 16.8. The molecule has 3 nitrogen and oxygen atoms in total. The molecule has 0 saturated heterocycles. The van der Waals surface area contributed by atoms with Crippen molar-refractivity contribution in [1.82, 2.24) is 0 Å². The van der Waals surface area contributed by atoms with Gasteiger partial charge in [-0.25, -0.2) is 0 Å². The molecule has 0 aliphatic carbocycles. The Kier molecular flexibility index (Phi) is 3.24. The van der Waals surface area contributed by atoms with Gasteiger partial charge in [0.25, 0.3) is 0 Å². The maximum absolute atomic E-state index is 10.4. The second-order valence-electron chi connectivity index (χ2n) is 2.31. The lowest BCUT2D eigenvalue weighted by Crippen LogP contribution is -2.41. The Morgan fingerprint density at radius 1 is 1.67 bits per heavy atom. The molecule has 0 fully saturated rings. The predicted molar refractivity (Wildman–Crippen MR) is 36.6 cm³/mol. The molecule has 54 valence electrons. The number of amides is 1. The maximum Gasteiger partial charge on any atom is 0.234 e. The van der Waals surface area contributed by atoms with Gasteiger partial charge in [-0.3, -0.25) is 4.79 Å². The van der Waals surface area contributed by atoms with Gasteiger partial charge in [0, 0.05) is 0 Å². The van der Waals surface area contributed by atoms with E-state index in [2.05, 4.69) is 0 Å². The molecule has 0 aliphatic rings. The van der Waals surface area contributed by atoms with Gasteiger partial charge in [-0.1, -0.05) is 20.3 Å². The third-order valence-corrected chi connectivity index (χ3v) is 1.59. The number of rotatable bonds is 3. The summed E-state index contributed by atoms with van der Waals surface area (Å²) in [4.78, 5) is 10.4. The van der Waals surface area contributed by atoms with Gasteiger partial charge in [0.15, 0.2) is 0 Å². The van der Waals surface area contributed by atoms with E-state index in [0.717, 1.165) is 6.42 Å². The molecule has 0 saturated carbocycles. The summed E-state index contributed by atoms with van der Waals surface area (Å²) in [6, 6.07) is -0.477. The van der Waals surface area contributed by atoms with Crippen LogP contribution in [-0.4, -0.2) is 11.9 Å². The number of hydrogen-bond acceptors (Lipinski definition) is 2. The zero-order valence-electron chi connectivity index (χ0n) is 5.92. The molecule has 2 atom stereocenters. The van der Waals surface area contributed by atoms with Crippen LogP contribution in [0.3, 0.4) is 0 Å². The van der Waals surface area contributed by atoms with E-state index < -0.39 is 11.9 Å². The fraction of sp³-hybridized carbons (Fsp3) is 0.833. The molecule has 0 aromatic heterocycles. The van der Waals surface area contributed by atoms with Crippen LogP contribution in [0, 0.1) is 5.92 Å². The number of primary amides is 1. The molecule has 0 radical (unpaired) electrons. The molecule has 9 heavy (non-hydrogen) atoms. The van der Waals surface area contributed by atoms with Crippen LogP contribution in [0.2, 0.25) is 0 Å². The van der Waals surface area contributed by atoms with E-state index in [-0.39, 0.29) is 5.92 Å². The highest BCUT2D eigenvalue weighted by molar-refractivity contribution is 5.79. The van der Waals surface area contributed by atoms with E-state index in [0.29, 0.717) is 0 Å². The first kappa shape index (κ1) is 8.43. The Morgan fingerprint density at radius 2 is 2.11 bits per heavy atom. The van der Waals surface area contributed by atoms with Gasteiger partial charge in [-0.15, -0.1) is 0 Å². The van der Waals surface area contributed by atoms with Gasteiger partial charge < -0.3 is 11.5 Å². The predicted octanol–water partition coefficient (Wildman–Crippen LogP) is -0.155. The smallest absolute Gasteiger partial charge is 0.234 e. The average Bonchev–Trinajstić information content (AvgIpc) is 1.84. The summed E-state index contributed by atoms with van der Waals surface area (Å²) in [5.41, 5.74) is 10.3. The number of nitrogens with two attached hydrogens (primary N) is 2. The molecule has 0 aromatic rings. The number of carbonyl (C=O) groups is 1. The van der Waals surface area contributed by atoms with Gasteiger partial charge in [0.2, 0.25) is 5.91 Å². The third-order valence-electron chi connectivity index (χ3n) is 1.59. The van der Waals surface area contributed by atoms with Crippen LogP contribution >= 0.6 is 0 Å². The lowest BCUT2D eigenvalue weighted by molar-refractivity contribution is -0.120. The molecule has 0 aliphatic heterocycles. The third kappa shape index (κ3) is 2.46. The SMILES string of the molecule is CC[C@@H](C)[C@H](N)C(N)=O. The van der Waals surface area contributed by atoms with Gasteiger partial charge in [-0.05, 0) is 5.92 Å². The zero-order valence-corrected chi connectivity index (χ0v) is 5.92. The quantitative estimate of drug-likeness (QED) is 0.557. The standard InChI is InChI=1S/C6H14N2O/c1-3-4(2)5(7)6(8)9/h4-5H,3,7H2,1-2H3,(H2,8,9)/t4-,5+/m1/s1. The molecule has 0 heterocycles. The zero-order chi connectivity index (χ0) is 7.44. The fourth-order valence-electron chi connectivity index (χ4n) is 0.534. The van der Waals surface area contributed by atoms with E-state index in [9.17, 15) is 4.79 Å². The highest BCUT2D eigenvalue weighted by Crippen LogP contribution is 2.03. The molecule has 3 heteroatoms. The van der Waals surface area contributed by atoms with Crippen LogP contribution in [0.1, 0.15) is 20.3 Å². The van der Waals surface area contributed by atoms with Gasteiger partial charge in [0.05, 0.1) is 6.04 Å². The van der Waals surface area contributed by atoms with Crippen molar-refractivity contribution in [1.29, 1.82) is 0 Å². The van der Waals surface area contributed by atoms with Crippen molar-refractivity contribution in [2.24, 2.45) is 17.4 Å². The second kappa shape index (κ2) is 3.45. The summed E-state index contributed by atoms with van der Waals surface area (Å²) < 4.78 is 0. The average molecular weight is 130 g/mol. The van der Waals surface area contributed by atoms with Crippen LogP contribution in [-0.2, 0) is 4.79 Å². The second-order valence-corrected chi connectivity index (χ2v) is 2.31. The Hall–Kier alpha value is -0.570. The molecule has 4 N–H and O–H groups in total. The molecule has 0 unspecified atom stereocenters. The van der Waals surface area contributed by atoms with Gasteiger partial charge in [0.1, 0.15) is 0 Å². The highest BCUT2D eigenvalue weighted by Gasteiger charge is 2.15. The van der Waals surface area contributed by atoms with Crippen molar-refractivity contribution in [3.05, 3.63) is 0 Å². The molecule has 0 rings (SSSR count). The lowest BCUT2D eigenvalue weighted by Gasteiger charge is -2.13. The summed E-state index contributed by atoms with van der Waals surface area (Å²) in [6.45, 7) is 3.89. The van der Waals surface area contributed by atoms with Gasteiger partial charge >= 0.3 is 0 Å².